The third kappa shape index (κ3) is 5.39. The second-order valence-corrected chi connectivity index (χ2v) is 10.3. The van der Waals surface area contributed by atoms with Gasteiger partial charge in [0, 0.05) is 29.7 Å². The molecule has 11 atom stereocenters. The highest BCUT2D eigenvalue weighted by atomic mass is 16.8. The quantitative estimate of drug-likeness (QED) is 0.277. The molecule has 2 fully saturated rings. The zero-order valence-corrected chi connectivity index (χ0v) is 21.5. The van der Waals surface area contributed by atoms with E-state index >= 15 is 0 Å². The van der Waals surface area contributed by atoms with Gasteiger partial charge in [0.1, 0.15) is 42.4 Å². The molecule has 212 valence electrons. The summed E-state index contributed by atoms with van der Waals surface area (Å²) in [5.41, 5.74) is 0.333. The maximum Gasteiger partial charge on any atom is 0.342 e. The van der Waals surface area contributed by atoms with E-state index in [1.165, 1.54) is 0 Å². The summed E-state index contributed by atoms with van der Waals surface area (Å²) in [6.07, 6.45) is -5.06. The van der Waals surface area contributed by atoms with Crippen molar-refractivity contribution in [2.45, 2.75) is 70.3 Å². The lowest BCUT2D eigenvalue weighted by atomic mass is 9.83. The Bertz CT molecular complexity index is 987. The number of carbonyl (C=O) groups excluding carboxylic acids is 2. The Hall–Kier alpha value is -2.32. The van der Waals surface area contributed by atoms with Crippen molar-refractivity contribution in [2.75, 3.05) is 19.8 Å². The van der Waals surface area contributed by atoms with Gasteiger partial charge in [-0.15, -0.1) is 0 Å². The number of fused-ring (bicyclic) bond motifs is 3. The van der Waals surface area contributed by atoms with Crippen molar-refractivity contribution in [3.8, 4) is 0 Å². The molecule has 5 N–H and O–H groups in total. The number of ether oxygens (including phenoxy) is 5. The molecule has 0 radical (unpaired) electrons. The normalized spacial score (nSPS) is 41.6. The monoisotopic (exact) mass is 540 g/mol. The Labute approximate surface area is 220 Å². The first-order valence-corrected chi connectivity index (χ1v) is 12.8. The van der Waals surface area contributed by atoms with Crippen LogP contribution in [0.15, 0.2) is 35.1 Å². The van der Waals surface area contributed by atoms with E-state index in [1.807, 2.05) is 13.8 Å². The molecule has 12 heteroatoms. The molecule has 0 aromatic carbocycles. The molecule has 0 spiro atoms. The molecule has 3 heterocycles. The predicted molar refractivity (Wildman–Crippen MR) is 127 cm³/mol. The van der Waals surface area contributed by atoms with E-state index in [0.717, 1.165) is 12.3 Å². The lowest BCUT2D eigenvalue weighted by Gasteiger charge is -2.41. The van der Waals surface area contributed by atoms with Crippen molar-refractivity contribution in [3.63, 3.8) is 0 Å². The molecule has 0 amide bonds. The molecule has 1 saturated carbocycles. The average molecular weight is 541 g/mol. The van der Waals surface area contributed by atoms with Crippen molar-refractivity contribution in [1.82, 2.24) is 0 Å². The summed E-state index contributed by atoms with van der Waals surface area (Å²) >= 11 is 0. The Balaban J connectivity index is 1.61. The summed E-state index contributed by atoms with van der Waals surface area (Å²) < 4.78 is 28.2. The van der Waals surface area contributed by atoms with Gasteiger partial charge in [-0.25, -0.2) is 9.59 Å². The zero-order valence-electron chi connectivity index (χ0n) is 21.5. The highest BCUT2D eigenvalue weighted by Crippen LogP contribution is 2.44. The summed E-state index contributed by atoms with van der Waals surface area (Å²) in [5.74, 6) is -1.68. The van der Waals surface area contributed by atoms with Crippen molar-refractivity contribution in [3.05, 3.63) is 35.1 Å². The standard InChI is InChI=1S/C26H36O12/c1-4-13-15-6-20(29)34-9-16-12(3)18(5-14(16)11(2)7-27)36-24(33)17(15)10-35-25(13)38-26-23(32)22(31)21(30)19(8-28)37-26/h4,6,10-12,14,16,18-19,21-23,25-28,30-32H,5,7-9H2,1-3H3/b13-4+,15-6?/t11-,12+,14-,16+,18+,19+,21+,22-,23+,25?,26-/m0/s1. The maximum atomic E-state index is 13.3. The minimum absolute atomic E-state index is 0.00229. The second-order valence-electron chi connectivity index (χ2n) is 10.3. The summed E-state index contributed by atoms with van der Waals surface area (Å²) in [4.78, 5) is 26.2. The van der Waals surface area contributed by atoms with Crippen molar-refractivity contribution in [1.29, 1.82) is 0 Å². The number of allylic oxidation sites excluding steroid dienone is 1. The largest absolute Gasteiger partial charge is 0.467 e. The first kappa shape index (κ1) is 28.7. The molecule has 1 saturated heterocycles. The van der Waals surface area contributed by atoms with Gasteiger partial charge < -0.3 is 49.2 Å². The third-order valence-electron chi connectivity index (χ3n) is 8.08. The SMILES string of the molecule is C/C=C1\C2=CC(=O)OC[C@@H]3[C@@H](C)[C@@H](C[C@H]3[C@@H](C)CO)OC(=O)C2=COC1O[C@@H]1O[C@H](CO)[C@@H](O)[C@H](O)[C@H]1O. The van der Waals surface area contributed by atoms with E-state index in [4.69, 9.17) is 23.7 Å². The average Bonchev–Trinajstić information content (AvgIpc) is 3.20. The van der Waals surface area contributed by atoms with Gasteiger partial charge in [0.05, 0.1) is 13.2 Å². The van der Waals surface area contributed by atoms with Gasteiger partial charge >= 0.3 is 11.9 Å². The van der Waals surface area contributed by atoms with Gasteiger partial charge in [0.15, 0.2) is 6.29 Å². The van der Waals surface area contributed by atoms with Crippen molar-refractivity contribution < 1.29 is 58.8 Å². The number of rotatable bonds is 5. The van der Waals surface area contributed by atoms with Crippen LogP contribution in [0.1, 0.15) is 27.2 Å². The van der Waals surface area contributed by atoms with Gasteiger partial charge in [0.2, 0.25) is 6.29 Å². The molecule has 38 heavy (non-hydrogen) atoms. The first-order chi connectivity index (χ1) is 18.1. The number of aliphatic hydroxyl groups excluding tert-OH is 5. The molecule has 12 nitrogen and oxygen atoms in total. The van der Waals surface area contributed by atoms with Gasteiger partial charge in [-0.3, -0.25) is 0 Å². The van der Waals surface area contributed by atoms with Crippen LogP contribution in [0.3, 0.4) is 0 Å². The van der Waals surface area contributed by atoms with Gasteiger partial charge in [-0.2, -0.15) is 0 Å². The number of aliphatic hydroxyl groups is 5. The van der Waals surface area contributed by atoms with E-state index in [2.05, 4.69) is 0 Å². The summed E-state index contributed by atoms with van der Waals surface area (Å²) in [7, 11) is 0. The molecule has 3 aliphatic heterocycles. The Morgan fingerprint density at radius 3 is 2.53 bits per heavy atom. The molecule has 1 aliphatic carbocycles. The molecular formula is C26H36O12. The Morgan fingerprint density at radius 1 is 1.13 bits per heavy atom. The van der Waals surface area contributed by atoms with Gasteiger partial charge in [0.25, 0.3) is 0 Å². The first-order valence-electron chi connectivity index (χ1n) is 12.8. The molecule has 0 aromatic rings. The predicted octanol–water partition coefficient (Wildman–Crippen LogP) is -0.715. The highest BCUT2D eigenvalue weighted by Gasteiger charge is 2.48. The minimum Gasteiger partial charge on any atom is -0.467 e. The Kier molecular flexibility index (Phi) is 8.92. The highest BCUT2D eigenvalue weighted by molar-refractivity contribution is 5.98. The molecule has 2 bridgehead atoms. The summed E-state index contributed by atoms with van der Waals surface area (Å²) in [6, 6.07) is 0. The van der Waals surface area contributed by atoms with E-state index in [9.17, 15) is 35.1 Å². The molecule has 0 aromatic heterocycles. The van der Waals surface area contributed by atoms with E-state index in [1.54, 1.807) is 13.0 Å². The number of hydrogen-bond donors (Lipinski definition) is 5. The van der Waals surface area contributed by atoms with Crippen LogP contribution in [-0.4, -0.2) is 100 Å². The van der Waals surface area contributed by atoms with E-state index < -0.39 is 61.6 Å². The lowest BCUT2D eigenvalue weighted by Crippen LogP contribution is -2.59. The second kappa shape index (κ2) is 11.8. The van der Waals surface area contributed by atoms with Crippen LogP contribution in [-0.2, 0) is 33.3 Å². The van der Waals surface area contributed by atoms with Gasteiger partial charge in [-0.1, -0.05) is 19.9 Å². The fourth-order valence-electron chi connectivity index (χ4n) is 5.65. The van der Waals surface area contributed by atoms with Crippen LogP contribution in [0, 0.1) is 23.7 Å². The van der Waals surface area contributed by atoms with Crippen LogP contribution in [0.4, 0.5) is 0 Å². The number of cyclic esters (lactones) is 1. The van der Waals surface area contributed by atoms with E-state index in [-0.39, 0.29) is 53.6 Å². The topological polar surface area (TPSA) is 181 Å². The van der Waals surface area contributed by atoms with Crippen LogP contribution < -0.4 is 0 Å². The maximum absolute atomic E-state index is 13.3. The van der Waals surface area contributed by atoms with E-state index in [0.29, 0.717) is 6.42 Å². The third-order valence-corrected chi connectivity index (χ3v) is 8.08. The smallest absolute Gasteiger partial charge is 0.342 e. The summed E-state index contributed by atoms with van der Waals surface area (Å²) in [5, 5.41) is 49.6. The van der Waals surface area contributed by atoms with Gasteiger partial charge in [-0.05, 0) is 31.1 Å². The fraction of sp³-hybridized carbons (Fsp3) is 0.692. The fourth-order valence-corrected chi connectivity index (χ4v) is 5.65. The molecule has 1 unspecified atom stereocenters. The number of esters is 2. The Morgan fingerprint density at radius 2 is 1.87 bits per heavy atom. The molecule has 4 rings (SSSR count). The van der Waals surface area contributed by atoms with Crippen LogP contribution in [0.25, 0.3) is 0 Å². The van der Waals surface area contributed by atoms with Crippen LogP contribution >= 0.6 is 0 Å². The van der Waals surface area contributed by atoms with Crippen molar-refractivity contribution >= 4 is 11.9 Å². The summed E-state index contributed by atoms with van der Waals surface area (Å²) in [6.45, 7) is 4.88. The lowest BCUT2D eigenvalue weighted by molar-refractivity contribution is -0.326. The van der Waals surface area contributed by atoms with Crippen LogP contribution in [0.5, 0.6) is 0 Å². The van der Waals surface area contributed by atoms with Crippen LogP contribution in [0.2, 0.25) is 0 Å². The minimum atomic E-state index is -1.68. The molecule has 4 aliphatic rings. The number of hydrogen-bond acceptors (Lipinski definition) is 12. The zero-order chi connectivity index (χ0) is 27.7. The van der Waals surface area contributed by atoms with Crippen molar-refractivity contribution in [2.24, 2.45) is 23.7 Å². The molecular weight excluding hydrogens is 504 g/mol. The number of carbonyl (C=O) groups is 2.